The van der Waals surface area contributed by atoms with Crippen molar-refractivity contribution in [1.29, 1.82) is 0 Å². The SMILES string of the molecule is CCNC(=NCCc1cccc(F)c1)N1CCOC(C2CCCO2)C1. The summed E-state index contributed by atoms with van der Waals surface area (Å²) in [7, 11) is 0. The lowest BCUT2D eigenvalue weighted by Gasteiger charge is -2.37. The van der Waals surface area contributed by atoms with Crippen molar-refractivity contribution in [1.82, 2.24) is 10.2 Å². The average Bonchev–Trinajstić information content (AvgIpc) is 3.16. The Labute approximate surface area is 149 Å². The average molecular weight is 349 g/mol. The lowest BCUT2D eigenvalue weighted by molar-refractivity contribution is -0.0817. The molecule has 2 fully saturated rings. The highest BCUT2D eigenvalue weighted by Crippen LogP contribution is 2.21. The summed E-state index contributed by atoms with van der Waals surface area (Å²) < 4.78 is 25.0. The first kappa shape index (κ1) is 18.1. The van der Waals surface area contributed by atoms with E-state index < -0.39 is 0 Å². The van der Waals surface area contributed by atoms with Crippen LogP contribution >= 0.6 is 0 Å². The molecular weight excluding hydrogens is 321 g/mol. The van der Waals surface area contributed by atoms with Crippen LogP contribution in [0.1, 0.15) is 25.3 Å². The van der Waals surface area contributed by atoms with Crippen LogP contribution in [0.25, 0.3) is 0 Å². The van der Waals surface area contributed by atoms with Crippen LogP contribution in [0.5, 0.6) is 0 Å². The first-order valence-electron chi connectivity index (χ1n) is 9.27. The number of hydrogen-bond donors (Lipinski definition) is 1. The number of ether oxygens (including phenoxy) is 2. The van der Waals surface area contributed by atoms with Gasteiger partial charge in [-0.15, -0.1) is 0 Å². The van der Waals surface area contributed by atoms with Gasteiger partial charge in [-0.3, -0.25) is 4.99 Å². The fourth-order valence-corrected chi connectivity index (χ4v) is 3.40. The normalized spacial score (nSPS) is 24.6. The van der Waals surface area contributed by atoms with E-state index in [2.05, 4.69) is 17.1 Å². The van der Waals surface area contributed by atoms with Crippen LogP contribution in [-0.2, 0) is 15.9 Å². The molecule has 0 spiro atoms. The lowest BCUT2D eigenvalue weighted by atomic mass is 10.1. The van der Waals surface area contributed by atoms with Crippen molar-refractivity contribution in [2.75, 3.05) is 39.4 Å². The van der Waals surface area contributed by atoms with E-state index in [9.17, 15) is 4.39 Å². The molecule has 2 atom stereocenters. The minimum atomic E-state index is -0.194. The smallest absolute Gasteiger partial charge is 0.194 e. The van der Waals surface area contributed by atoms with Gasteiger partial charge in [-0.2, -0.15) is 0 Å². The molecule has 1 aromatic rings. The Bertz CT molecular complexity index is 576. The lowest BCUT2D eigenvalue weighted by Crippen LogP contribution is -2.53. The van der Waals surface area contributed by atoms with Crippen LogP contribution in [0.4, 0.5) is 4.39 Å². The third kappa shape index (κ3) is 5.16. The molecule has 2 aliphatic heterocycles. The van der Waals surface area contributed by atoms with Crippen molar-refractivity contribution in [3.8, 4) is 0 Å². The van der Waals surface area contributed by atoms with E-state index in [4.69, 9.17) is 14.5 Å². The summed E-state index contributed by atoms with van der Waals surface area (Å²) in [5.41, 5.74) is 0.971. The van der Waals surface area contributed by atoms with Gasteiger partial charge >= 0.3 is 0 Å². The summed E-state index contributed by atoms with van der Waals surface area (Å²) in [6, 6.07) is 6.72. The zero-order valence-electron chi connectivity index (χ0n) is 14.9. The molecule has 0 amide bonds. The molecular formula is C19H28FN3O2. The third-order valence-electron chi connectivity index (χ3n) is 4.66. The van der Waals surface area contributed by atoms with Gasteiger partial charge in [-0.1, -0.05) is 12.1 Å². The van der Waals surface area contributed by atoms with Gasteiger partial charge in [0.05, 0.1) is 12.7 Å². The predicted octanol–water partition coefficient (Wildman–Crippen LogP) is 2.21. The number of guanidine groups is 1. The van der Waals surface area contributed by atoms with Crippen LogP contribution in [0, 0.1) is 5.82 Å². The second-order valence-electron chi connectivity index (χ2n) is 6.52. The fourth-order valence-electron chi connectivity index (χ4n) is 3.40. The number of aliphatic imine (C=N–C) groups is 1. The van der Waals surface area contributed by atoms with Gasteiger partial charge in [-0.05, 0) is 43.9 Å². The van der Waals surface area contributed by atoms with Crippen molar-refractivity contribution in [2.45, 2.75) is 38.4 Å². The van der Waals surface area contributed by atoms with E-state index in [1.165, 1.54) is 6.07 Å². The maximum Gasteiger partial charge on any atom is 0.194 e. The largest absolute Gasteiger partial charge is 0.375 e. The highest BCUT2D eigenvalue weighted by atomic mass is 19.1. The van der Waals surface area contributed by atoms with Crippen molar-refractivity contribution < 1.29 is 13.9 Å². The maximum absolute atomic E-state index is 13.3. The van der Waals surface area contributed by atoms with Crippen LogP contribution in [0.15, 0.2) is 29.3 Å². The molecule has 2 unspecified atom stereocenters. The van der Waals surface area contributed by atoms with Gasteiger partial charge in [0.15, 0.2) is 5.96 Å². The quantitative estimate of drug-likeness (QED) is 0.654. The molecule has 0 aromatic heterocycles. The van der Waals surface area contributed by atoms with Gasteiger partial charge in [0.1, 0.15) is 11.9 Å². The van der Waals surface area contributed by atoms with Crippen molar-refractivity contribution in [3.63, 3.8) is 0 Å². The first-order chi connectivity index (χ1) is 12.3. The van der Waals surface area contributed by atoms with Gasteiger partial charge in [0.2, 0.25) is 0 Å². The molecule has 1 N–H and O–H groups in total. The zero-order chi connectivity index (χ0) is 17.5. The molecule has 0 aliphatic carbocycles. The maximum atomic E-state index is 13.3. The Morgan fingerprint density at radius 2 is 2.20 bits per heavy atom. The molecule has 1 aromatic carbocycles. The van der Waals surface area contributed by atoms with E-state index in [0.29, 0.717) is 13.2 Å². The number of benzene rings is 1. The molecule has 2 aliphatic rings. The molecule has 2 saturated heterocycles. The fraction of sp³-hybridized carbons (Fsp3) is 0.632. The standard InChI is InChI=1S/C19H28FN3O2/c1-2-21-19(22-9-8-15-5-3-6-16(20)13-15)23-10-12-25-18(14-23)17-7-4-11-24-17/h3,5-6,13,17-18H,2,4,7-12,14H2,1H3,(H,21,22). The number of halogens is 1. The van der Waals surface area contributed by atoms with E-state index in [1.807, 2.05) is 6.07 Å². The Balaban J connectivity index is 1.58. The molecule has 0 saturated carbocycles. The molecule has 3 rings (SSSR count). The first-order valence-corrected chi connectivity index (χ1v) is 9.27. The van der Waals surface area contributed by atoms with E-state index in [-0.39, 0.29) is 18.0 Å². The highest BCUT2D eigenvalue weighted by molar-refractivity contribution is 5.80. The van der Waals surface area contributed by atoms with Gasteiger partial charge in [0, 0.05) is 32.8 Å². The number of morpholine rings is 1. The highest BCUT2D eigenvalue weighted by Gasteiger charge is 2.32. The van der Waals surface area contributed by atoms with Crippen molar-refractivity contribution in [3.05, 3.63) is 35.6 Å². The molecule has 5 nitrogen and oxygen atoms in total. The Hall–Kier alpha value is -1.66. The summed E-state index contributed by atoms with van der Waals surface area (Å²) >= 11 is 0. The Kier molecular flexibility index (Phi) is 6.64. The van der Waals surface area contributed by atoms with Crippen LogP contribution in [0.2, 0.25) is 0 Å². The molecule has 25 heavy (non-hydrogen) atoms. The summed E-state index contributed by atoms with van der Waals surface area (Å²) in [5.74, 6) is 0.714. The number of rotatable bonds is 5. The summed E-state index contributed by atoms with van der Waals surface area (Å²) in [5, 5.41) is 3.37. The van der Waals surface area contributed by atoms with E-state index in [0.717, 1.165) is 57.0 Å². The Morgan fingerprint density at radius 3 is 2.96 bits per heavy atom. The summed E-state index contributed by atoms with van der Waals surface area (Å²) in [6.07, 6.45) is 3.24. The predicted molar refractivity (Wildman–Crippen MR) is 96.4 cm³/mol. The number of hydrogen-bond acceptors (Lipinski definition) is 3. The molecule has 6 heteroatoms. The summed E-state index contributed by atoms with van der Waals surface area (Å²) in [4.78, 5) is 6.99. The van der Waals surface area contributed by atoms with Crippen LogP contribution < -0.4 is 5.32 Å². The van der Waals surface area contributed by atoms with Crippen LogP contribution in [-0.4, -0.2) is 62.5 Å². The van der Waals surface area contributed by atoms with Crippen LogP contribution in [0.3, 0.4) is 0 Å². The Morgan fingerprint density at radius 1 is 1.32 bits per heavy atom. The van der Waals surface area contributed by atoms with Crippen molar-refractivity contribution in [2.24, 2.45) is 4.99 Å². The van der Waals surface area contributed by atoms with Crippen molar-refractivity contribution >= 4 is 5.96 Å². The van der Waals surface area contributed by atoms with E-state index >= 15 is 0 Å². The molecule has 0 bridgehead atoms. The number of nitrogens with zero attached hydrogens (tertiary/aromatic N) is 2. The third-order valence-corrected chi connectivity index (χ3v) is 4.66. The topological polar surface area (TPSA) is 46.1 Å². The minimum absolute atomic E-state index is 0.114. The monoisotopic (exact) mass is 349 g/mol. The minimum Gasteiger partial charge on any atom is -0.375 e. The number of nitrogens with one attached hydrogen (secondary N) is 1. The van der Waals surface area contributed by atoms with Gasteiger partial charge in [0.25, 0.3) is 0 Å². The second-order valence-corrected chi connectivity index (χ2v) is 6.52. The molecule has 0 radical (unpaired) electrons. The molecule has 2 heterocycles. The zero-order valence-corrected chi connectivity index (χ0v) is 14.9. The van der Waals surface area contributed by atoms with Gasteiger partial charge in [-0.25, -0.2) is 4.39 Å². The van der Waals surface area contributed by atoms with Gasteiger partial charge < -0.3 is 19.7 Å². The summed E-state index contributed by atoms with van der Waals surface area (Å²) in [6.45, 7) is 6.69. The van der Waals surface area contributed by atoms with E-state index in [1.54, 1.807) is 12.1 Å². The molecule has 138 valence electrons. The second kappa shape index (κ2) is 9.15.